The average molecular weight is 709 g/mol. The van der Waals surface area contributed by atoms with Crippen LogP contribution in [-0.4, -0.2) is 4.57 Å². The van der Waals surface area contributed by atoms with Gasteiger partial charge in [-0.15, -0.1) is 11.3 Å². The van der Waals surface area contributed by atoms with Crippen molar-refractivity contribution >= 4 is 70.4 Å². The normalized spacial score (nSPS) is 13.1. The number of para-hydroxylation sites is 2. The van der Waals surface area contributed by atoms with E-state index in [-0.39, 0.29) is 5.41 Å². The number of nitrogens with zero attached hydrogens (tertiary/aromatic N) is 2. The molecule has 1 aliphatic rings. The van der Waals surface area contributed by atoms with Crippen molar-refractivity contribution in [3.8, 4) is 27.9 Å². The number of fused-ring (bicyclic) bond motifs is 10. The van der Waals surface area contributed by atoms with Crippen molar-refractivity contribution in [1.82, 2.24) is 4.57 Å². The maximum atomic E-state index is 2.45. The number of thiophene rings is 1. The van der Waals surface area contributed by atoms with E-state index in [4.69, 9.17) is 0 Å². The van der Waals surface area contributed by atoms with E-state index in [1.54, 1.807) is 0 Å². The van der Waals surface area contributed by atoms with Crippen molar-refractivity contribution in [2.24, 2.45) is 0 Å². The fraction of sp³-hybridized carbons (Fsp3) is 0.0588. The van der Waals surface area contributed by atoms with E-state index in [1.807, 2.05) is 11.3 Å². The molecule has 10 aromatic rings. The van der Waals surface area contributed by atoms with Crippen LogP contribution in [0.1, 0.15) is 25.0 Å². The Bertz CT molecular complexity index is 3060. The molecule has 256 valence electrons. The van der Waals surface area contributed by atoms with E-state index < -0.39 is 0 Å². The van der Waals surface area contributed by atoms with Gasteiger partial charge >= 0.3 is 0 Å². The van der Waals surface area contributed by atoms with Crippen LogP contribution in [0.5, 0.6) is 0 Å². The fourth-order valence-corrected chi connectivity index (χ4v) is 10.2. The summed E-state index contributed by atoms with van der Waals surface area (Å²) in [6.07, 6.45) is 0. The zero-order valence-electron chi connectivity index (χ0n) is 30.1. The summed E-state index contributed by atoms with van der Waals surface area (Å²) in [5.74, 6) is 0. The summed E-state index contributed by atoms with van der Waals surface area (Å²) >= 11 is 1.90. The first-order chi connectivity index (χ1) is 26.5. The highest BCUT2D eigenvalue weighted by atomic mass is 32.1. The zero-order valence-corrected chi connectivity index (χ0v) is 30.9. The first-order valence-electron chi connectivity index (χ1n) is 18.7. The lowest BCUT2D eigenvalue weighted by Crippen LogP contribution is -2.16. The van der Waals surface area contributed by atoms with Crippen molar-refractivity contribution in [3.05, 3.63) is 193 Å². The molecule has 0 saturated heterocycles. The second-order valence-corrected chi connectivity index (χ2v) is 16.0. The highest BCUT2D eigenvalue weighted by Gasteiger charge is 2.35. The predicted molar refractivity (Wildman–Crippen MR) is 231 cm³/mol. The molecule has 2 nitrogen and oxygen atoms in total. The topological polar surface area (TPSA) is 8.17 Å². The smallest absolute Gasteiger partial charge is 0.0719 e. The molecule has 3 heteroatoms. The largest absolute Gasteiger partial charge is 0.310 e. The van der Waals surface area contributed by atoms with Crippen LogP contribution in [0.3, 0.4) is 0 Å². The van der Waals surface area contributed by atoms with E-state index in [0.29, 0.717) is 0 Å². The summed E-state index contributed by atoms with van der Waals surface area (Å²) in [6, 6.07) is 67.0. The van der Waals surface area contributed by atoms with Crippen LogP contribution in [0.2, 0.25) is 0 Å². The van der Waals surface area contributed by atoms with Crippen LogP contribution in [0.15, 0.2) is 182 Å². The Kier molecular flexibility index (Phi) is 6.80. The van der Waals surface area contributed by atoms with Gasteiger partial charge in [0.2, 0.25) is 0 Å². The number of rotatable bonds is 5. The van der Waals surface area contributed by atoms with Gasteiger partial charge in [0.25, 0.3) is 0 Å². The molecule has 0 bridgehead atoms. The van der Waals surface area contributed by atoms with Gasteiger partial charge in [-0.25, -0.2) is 0 Å². The Morgan fingerprint density at radius 1 is 0.463 bits per heavy atom. The van der Waals surface area contributed by atoms with Crippen LogP contribution in [0, 0.1) is 0 Å². The predicted octanol–water partition coefficient (Wildman–Crippen LogP) is 14.6. The Balaban J connectivity index is 1.12. The summed E-state index contributed by atoms with van der Waals surface area (Å²) < 4.78 is 5.06. The first kappa shape index (κ1) is 31.1. The number of aromatic nitrogens is 1. The third kappa shape index (κ3) is 4.58. The fourth-order valence-electron chi connectivity index (χ4n) is 8.97. The van der Waals surface area contributed by atoms with Gasteiger partial charge in [0, 0.05) is 54.4 Å². The van der Waals surface area contributed by atoms with Gasteiger partial charge in [-0.1, -0.05) is 135 Å². The Labute approximate surface area is 318 Å². The second-order valence-electron chi connectivity index (χ2n) is 15.0. The SMILES string of the molecule is CC1(C)c2ccccc2-c2ccc(N(c3ccc(-c4ccccc4)cc3)c3ccc4sc5c(ccc6c7ccccc7n(-c7ccccc7)c65)c4c3)cc21. The zero-order chi connectivity index (χ0) is 36.0. The minimum atomic E-state index is -0.0964. The summed E-state index contributed by atoms with van der Waals surface area (Å²) in [5, 5.41) is 5.13. The van der Waals surface area contributed by atoms with E-state index in [0.717, 1.165) is 17.1 Å². The molecule has 1 aliphatic carbocycles. The van der Waals surface area contributed by atoms with Crippen molar-refractivity contribution in [3.63, 3.8) is 0 Å². The van der Waals surface area contributed by atoms with Crippen molar-refractivity contribution in [2.75, 3.05) is 4.90 Å². The highest BCUT2D eigenvalue weighted by Crippen LogP contribution is 2.51. The maximum Gasteiger partial charge on any atom is 0.0719 e. The summed E-state index contributed by atoms with van der Waals surface area (Å²) in [4.78, 5) is 2.44. The van der Waals surface area contributed by atoms with Crippen molar-refractivity contribution < 1.29 is 0 Å². The minimum Gasteiger partial charge on any atom is -0.310 e. The molecule has 0 radical (unpaired) electrons. The minimum absolute atomic E-state index is 0.0964. The molecular weight excluding hydrogens is 673 g/mol. The summed E-state index contributed by atoms with van der Waals surface area (Å²) in [6.45, 7) is 4.72. The molecule has 0 N–H and O–H groups in total. The lowest BCUT2D eigenvalue weighted by molar-refractivity contribution is 0.660. The first-order valence-corrected chi connectivity index (χ1v) is 19.5. The third-order valence-corrected chi connectivity index (χ3v) is 12.8. The molecule has 0 spiro atoms. The Morgan fingerprint density at radius 2 is 1.09 bits per heavy atom. The quantitative estimate of drug-likeness (QED) is 0.173. The van der Waals surface area contributed by atoms with Crippen LogP contribution in [0.25, 0.3) is 69.9 Å². The van der Waals surface area contributed by atoms with Crippen LogP contribution < -0.4 is 4.90 Å². The summed E-state index contributed by atoms with van der Waals surface area (Å²) in [7, 11) is 0. The van der Waals surface area contributed by atoms with E-state index in [1.165, 1.54) is 81.0 Å². The van der Waals surface area contributed by atoms with Gasteiger partial charge in [0.05, 0.1) is 15.7 Å². The monoisotopic (exact) mass is 708 g/mol. The number of hydrogen-bond donors (Lipinski definition) is 0. The van der Waals surface area contributed by atoms with Crippen LogP contribution in [0.4, 0.5) is 17.1 Å². The lowest BCUT2D eigenvalue weighted by Gasteiger charge is -2.28. The third-order valence-electron chi connectivity index (χ3n) is 11.6. The molecule has 8 aromatic carbocycles. The number of hydrogen-bond acceptors (Lipinski definition) is 2. The molecule has 11 rings (SSSR count). The lowest BCUT2D eigenvalue weighted by atomic mass is 9.82. The molecule has 0 fully saturated rings. The molecule has 2 aromatic heterocycles. The van der Waals surface area contributed by atoms with Crippen LogP contribution in [-0.2, 0) is 5.41 Å². The van der Waals surface area contributed by atoms with E-state index in [2.05, 4.69) is 205 Å². The standard InChI is InChI=1S/C51H36N2S/c1-51(2)45-19-11-9-17-39(45)40-27-25-38(32-46(40)51)52(36-23-21-34(22-24-36)33-13-5-3-6-14-33)37-26-30-48-44(31-37)43-29-28-42-41-18-10-12-20-47(41)53(49(42)50(43)54-48)35-15-7-4-8-16-35/h3-32H,1-2H3. The summed E-state index contributed by atoms with van der Waals surface area (Å²) in [5.41, 5.74) is 14.9. The highest BCUT2D eigenvalue weighted by molar-refractivity contribution is 7.26. The molecular formula is C51H36N2S. The maximum absolute atomic E-state index is 2.45. The number of benzene rings is 8. The van der Waals surface area contributed by atoms with Gasteiger partial charge in [-0.3, -0.25) is 0 Å². The van der Waals surface area contributed by atoms with Crippen molar-refractivity contribution in [1.29, 1.82) is 0 Å². The van der Waals surface area contributed by atoms with Gasteiger partial charge in [-0.2, -0.15) is 0 Å². The van der Waals surface area contributed by atoms with Crippen LogP contribution >= 0.6 is 11.3 Å². The van der Waals surface area contributed by atoms with Gasteiger partial charge in [0.1, 0.15) is 0 Å². The Morgan fingerprint density at radius 3 is 1.93 bits per heavy atom. The molecule has 0 amide bonds. The van der Waals surface area contributed by atoms with Crippen molar-refractivity contribution in [2.45, 2.75) is 19.3 Å². The van der Waals surface area contributed by atoms with Gasteiger partial charge < -0.3 is 9.47 Å². The molecule has 54 heavy (non-hydrogen) atoms. The van der Waals surface area contributed by atoms with E-state index in [9.17, 15) is 0 Å². The Hall–Kier alpha value is -6.42. The molecule has 0 aliphatic heterocycles. The molecule has 0 atom stereocenters. The second kappa shape index (κ2) is 11.8. The number of anilines is 3. The van der Waals surface area contributed by atoms with Gasteiger partial charge in [0.15, 0.2) is 0 Å². The van der Waals surface area contributed by atoms with E-state index >= 15 is 0 Å². The average Bonchev–Trinajstić information content (AvgIpc) is 3.84. The molecule has 2 heterocycles. The molecule has 0 unspecified atom stereocenters. The molecule has 0 saturated carbocycles. The van der Waals surface area contributed by atoms with Gasteiger partial charge in [-0.05, 0) is 94.0 Å².